The van der Waals surface area contributed by atoms with Crippen LogP contribution in [0.3, 0.4) is 0 Å². The summed E-state index contributed by atoms with van der Waals surface area (Å²) in [5.41, 5.74) is 4.59. The molecule has 1 aliphatic heterocycles. The maximum absolute atomic E-state index is 13.3. The summed E-state index contributed by atoms with van der Waals surface area (Å²) in [6, 6.07) is 29.0. The Morgan fingerprint density at radius 1 is 0.921 bits per heavy atom. The molecule has 1 amide bonds. The lowest BCUT2D eigenvalue weighted by Gasteiger charge is -2.22. The van der Waals surface area contributed by atoms with Crippen LogP contribution in [0.25, 0.3) is 32.9 Å². The number of hydrogen-bond acceptors (Lipinski definition) is 5. The van der Waals surface area contributed by atoms with E-state index in [-0.39, 0.29) is 18.6 Å². The van der Waals surface area contributed by atoms with E-state index in [1.165, 1.54) is 0 Å². The monoisotopic (exact) mass is 502 g/mol. The molecule has 0 fully saturated rings. The van der Waals surface area contributed by atoms with Crippen LogP contribution in [0.1, 0.15) is 22.8 Å². The Kier molecular flexibility index (Phi) is 6.00. The summed E-state index contributed by atoms with van der Waals surface area (Å²) in [6.45, 7) is 1.67. The number of para-hydroxylation sites is 2. The summed E-state index contributed by atoms with van der Waals surface area (Å²) in [7, 11) is 1.65. The van der Waals surface area contributed by atoms with E-state index in [9.17, 15) is 9.59 Å². The second-order valence-corrected chi connectivity index (χ2v) is 9.52. The molecule has 1 unspecified atom stereocenters. The number of carbonyl (C=O) groups is 2. The Labute approximate surface area is 220 Å². The number of aromatic nitrogens is 1. The number of pyridine rings is 1. The fraction of sp³-hybridized carbons (Fsp3) is 0.156. The van der Waals surface area contributed by atoms with E-state index in [1.807, 2.05) is 91.9 Å². The standard InChI is InChI=1S/C32H26N2O4/c1-20-15-24-7-3-6-10-30(24)34(20)31(35)19-38-32(36)27-18-29(33-28-9-5-4-8-26(27)28)23-12-11-22-17-25(37-2)14-13-21(22)16-23/h3-14,16-18,20H,15,19H2,1-2H3. The summed E-state index contributed by atoms with van der Waals surface area (Å²) in [6.07, 6.45) is 0.784. The van der Waals surface area contributed by atoms with E-state index in [4.69, 9.17) is 14.5 Å². The van der Waals surface area contributed by atoms with Crippen LogP contribution in [0.4, 0.5) is 5.69 Å². The average Bonchev–Trinajstić information content (AvgIpc) is 3.30. The first-order valence-corrected chi connectivity index (χ1v) is 12.6. The van der Waals surface area contributed by atoms with Crippen LogP contribution in [0.5, 0.6) is 5.75 Å². The second kappa shape index (κ2) is 9.63. The van der Waals surface area contributed by atoms with Crippen LogP contribution in [0, 0.1) is 0 Å². The maximum atomic E-state index is 13.3. The van der Waals surface area contributed by atoms with Crippen molar-refractivity contribution in [1.29, 1.82) is 0 Å². The Morgan fingerprint density at radius 2 is 1.68 bits per heavy atom. The predicted octanol–water partition coefficient (Wildman–Crippen LogP) is 6.20. The molecule has 0 saturated carbocycles. The van der Waals surface area contributed by atoms with Gasteiger partial charge in [-0.05, 0) is 66.1 Å². The SMILES string of the molecule is COc1ccc2cc(-c3cc(C(=O)OCC(=O)N4c5ccccc5CC4C)c4ccccc4n3)ccc2c1. The largest absolute Gasteiger partial charge is 0.497 e. The third kappa shape index (κ3) is 4.24. The first-order valence-electron chi connectivity index (χ1n) is 12.6. The van der Waals surface area contributed by atoms with E-state index in [2.05, 4.69) is 0 Å². The van der Waals surface area contributed by atoms with Crippen molar-refractivity contribution < 1.29 is 19.1 Å². The molecule has 6 nitrogen and oxygen atoms in total. The van der Waals surface area contributed by atoms with Gasteiger partial charge in [0, 0.05) is 22.7 Å². The minimum absolute atomic E-state index is 0.0137. The number of benzene rings is 4. The van der Waals surface area contributed by atoms with Gasteiger partial charge in [0.25, 0.3) is 5.91 Å². The van der Waals surface area contributed by atoms with Gasteiger partial charge in [0.1, 0.15) is 5.75 Å². The molecule has 5 aromatic rings. The smallest absolute Gasteiger partial charge is 0.339 e. The Bertz CT molecular complexity index is 1710. The molecule has 2 heterocycles. The van der Waals surface area contributed by atoms with Crippen molar-refractivity contribution in [2.75, 3.05) is 18.6 Å². The highest BCUT2D eigenvalue weighted by molar-refractivity contribution is 6.06. The molecule has 4 aromatic carbocycles. The highest BCUT2D eigenvalue weighted by atomic mass is 16.5. The molecule has 1 atom stereocenters. The van der Waals surface area contributed by atoms with Gasteiger partial charge >= 0.3 is 5.97 Å². The zero-order valence-corrected chi connectivity index (χ0v) is 21.2. The van der Waals surface area contributed by atoms with Crippen molar-refractivity contribution in [3.05, 3.63) is 102 Å². The molecule has 1 aliphatic rings. The number of rotatable bonds is 5. The number of ether oxygens (including phenoxy) is 2. The van der Waals surface area contributed by atoms with Gasteiger partial charge in [-0.2, -0.15) is 0 Å². The first-order chi connectivity index (χ1) is 18.5. The molecule has 0 spiro atoms. The quantitative estimate of drug-likeness (QED) is 0.268. The number of nitrogens with zero attached hydrogens (tertiary/aromatic N) is 2. The summed E-state index contributed by atoms with van der Waals surface area (Å²) >= 11 is 0. The summed E-state index contributed by atoms with van der Waals surface area (Å²) in [5.74, 6) is 0.00340. The third-order valence-corrected chi connectivity index (χ3v) is 7.08. The first kappa shape index (κ1) is 23.7. The second-order valence-electron chi connectivity index (χ2n) is 9.52. The van der Waals surface area contributed by atoms with E-state index in [0.717, 1.165) is 39.8 Å². The summed E-state index contributed by atoms with van der Waals surface area (Å²) in [4.78, 5) is 33.0. The number of fused-ring (bicyclic) bond motifs is 3. The molecule has 0 N–H and O–H groups in total. The molecule has 0 aliphatic carbocycles. The van der Waals surface area contributed by atoms with Crippen LogP contribution in [0.15, 0.2) is 91.0 Å². The van der Waals surface area contributed by atoms with Gasteiger partial charge in [-0.3, -0.25) is 4.79 Å². The third-order valence-electron chi connectivity index (χ3n) is 7.08. The summed E-state index contributed by atoms with van der Waals surface area (Å²) in [5, 5.41) is 2.76. The number of esters is 1. The van der Waals surface area contributed by atoms with Crippen LogP contribution < -0.4 is 9.64 Å². The van der Waals surface area contributed by atoms with Gasteiger partial charge in [-0.1, -0.05) is 54.6 Å². The molecule has 0 radical (unpaired) electrons. The van der Waals surface area contributed by atoms with Crippen LogP contribution in [0.2, 0.25) is 0 Å². The lowest BCUT2D eigenvalue weighted by atomic mass is 10.0. The minimum Gasteiger partial charge on any atom is -0.497 e. The van der Waals surface area contributed by atoms with E-state index < -0.39 is 5.97 Å². The van der Waals surface area contributed by atoms with Crippen molar-refractivity contribution >= 4 is 39.2 Å². The van der Waals surface area contributed by atoms with Gasteiger partial charge in [-0.25, -0.2) is 9.78 Å². The zero-order chi connectivity index (χ0) is 26.2. The number of hydrogen-bond donors (Lipinski definition) is 0. The molecule has 188 valence electrons. The van der Waals surface area contributed by atoms with Crippen molar-refractivity contribution in [1.82, 2.24) is 4.98 Å². The molecule has 38 heavy (non-hydrogen) atoms. The molecular weight excluding hydrogens is 476 g/mol. The Morgan fingerprint density at radius 3 is 2.55 bits per heavy atom. The van der Waals surface area contributed by atoms with Crippen LogP contribution in [-0.2, 0) is 16.0 Å². The zero-order valence-electron chi connectivity index (χ0n) is 21.2. The van der Waals surface area contributed by atoms with E-state index >= 15 is 0 Å². The van der Waals surface area contributed by atoms with Gasteiger partial charge < -0.3 is 14.4 Å². The van der Waals surface area contributed by atoms with E-state index in [0.29, 0.717) is 22.2 Å². The molecular formula is C32H26N2O4. The van der Waals surface area contributed by atoms with Gasteiger partial charge in [0.05, 0.1) is 23.9 Å². The lowest BCUT2D eigenvalue weighted by Crippen LogP contribution is -2.38. The average molecular weight is 503 g/mol. The number of methoxy groups -OCH3 is 1. The maximum Gasteiger partial charge on any atom is 0.339 e. The molecule has 6 rings (SSSR count). The Hall–Kier alpha value is -4.71. The predicted molar refractivity (Wildman–Crippen MR) is 149 cm³/mol. The topological polar surface area (TPSA) is 68.7 Å². The van der Waals surface area contributed by atoms with Gasteiger partial charge in [0.15, 0.2) is 6.61 Å². The Balaban J connectivity index is 1.30. The molecule has 0 saturated heterocycles. The molecule has 6 heteroatoms. The van der Waals surface area contributed by atoms with Gasteiger partial charge in [0.2, 0.25) is 0 Å². The van der Waals surface area contributed by atoms with Crippen molar-refractivity contribution in [3.8, 4) is 17.0 Å². The highest BCUT2D eigenvalue weighted by Crippen LogP contribution is 2.32. The minimum atomic E-state index is -0.552. The normalized spacial score (nSPS) is 14.5. The van der Waals surface area contributed by atoms with Gasteiger partial charge in [-0.15, -0.1) is 0 Å². The van der Waals surface area contributed by atoms with Crippen LogP contribution >= 0.6 is 0 Å². The summed E-state index contributed by atoms with van der Waals surface area (Å²) < 4.78 is 10.9. The molecule has 0 bridgehead atoms. The molecule has 1 aromatic heterocycles. The number of anilines is 1. The van der Waals surface area contributed by atoms with Crippen molar-refractivity contribution in [3.63, 3.8) is 0 Å². The van der Waals surface area contributed by atoms with Crippen molar-refractivity contribution in [2.24, 2.45) is 0 Å². The number of amides is 1. The fourth-order valence-electron chi connectivity index (χ4n) is 5.22. The van der Waals surface area contributed by atoms with Crippen LogP contribution in [-0.4, -0.2) is 36.6 Å². The van der Waals surface area contributed by atoms with Crippen molar-refractivity contribution in [2.45, 2.75) is 19.4 Å². The lowest BCUT2D eigenvalue weighted by molar-refractivity contribution is -0.122. The fourth-order valence-corrected chi connectivity index (χ4v) is 5.22. The highest BCUT2D eigenvalue weighted by Gasteiger charge is 2.31. The number of carbonyl (C=O) groups excluding carboxylic acids is 2. The van der Waals surface area contributed by atoms with E-state index in [1.54, 1.807) is 18.1 Å².